The SMILES string of the molecule is COc1cc(-c2cccc(C(=O)N[C@H]3CCS(=O)(=O)C3)c2)nc(OC)n1. The molecule has 1 aromatic carbocycles. The zero-order valence-corrected chi connectivity index (χ0v) is 15.2. The first-order chi connectivity index (χ1) is 12.4. The fraction of sp³-hybridized carbons (Fsp3) is 0.353. The number of rotatable bonds is 5. The summed E-state index contributed by atoms with van der Waals surface area (Å²) in [6.07, 6.45) is 0.439. The van der Waals surface area contributed by atoms with Gasteiger partial charge < -0.3 is 14.8 Å². The van der Waals surface area contributed by atoms with Crippen LogP contribution in [0.2, 0.25) is 0 Å². The molecule has 1 fully saturated rings. The summed E-state index contributed by atoms with van der Waals surface area (Å²) >= 11 is 0. The number of carbonyl (C=O) groups excluding carboxylic acids is 1. The van der Waals surface area contributed by atoms with Crippen molar-refractivity contribution in [2.75, 3.05) is 25.7 Å². The molecule has 8 nitrogen and oxygen atoms in total. The molecule has 1 atom stereocenters. The zero-order valence-electron chi connectivity index (χ0n) is 14.4. The van der Waals surface area contributed by atoms with Crippen LogP contribution < -0.4 is 14.8 Å². The molecule has 0 spiro atoms. The molecule has 1 amide bonds. The lowest BCUT2D eigenvalue weighted by Gasteiger charge is -2.12. The number of amides is 1. The predicted octanol–water partition coefficient (Wildman–Crippen LogP) is 1.08. The van der Waals surface area contributed by atoms with Gasteiger partial charge in [-0.05, 0) is 18.6 Å². The molecular weight excluding hydrogens is 358 g/mol. The summed E-state index contributed by atoms with van der Waals surface area (Å²) in [6.45, 7) is 0. The number of hydrogen-bond donors (Lipinski definition) is 1. The minimum atomic E-state index is -3.05. The van der Waals surface area contributed by atoms with E-state index in [1.54, 1.807) is 30.3 Å². The van der Waals surface area contributed by atoms with Crippen molar-refractivity contribution in [3.63, 3.8) is 0 Å². The molecule has 0 bridgehead atoms. The maximum atomic E-state index is 12.5. The van der Waals surface area contributed by atoms with Crippen molar-refractivity contribution in [1.82, 2.24) is 15.3 Å². The average Bonchev–Trinajstić information content (AvgIpc) is 2.99. The van der Waals surface area contributed by atoms with E-state index in [0.717, 1.165) is 0 Å². The van der Waals surface area contributed by atoms with Gasteiger partial charge in [0.05, 0.1) is 31.4 Å². The first-order valence-electron chi connectivity index (χ1n) is 7.99. The Labute approximate surface area is 151 Å². The number of benzene rings is 1. The second-order valence-electron chi connectivity index (χ2n) is 5.94. The summed E-state index contributed by atoms with van der Waals surface area (Å²) in [5, 5.41) is 2.77. The molecule has 1 aliphatic heterocycles. The van der Waals surface area contributed by atoms with Gasteiger partial charge in [-0.15, -0.1) is 0 Å². The molecule has 0 aliphatic carbocycles. The Morgan fingerprint density at radius 2 is 2.00 bits per heavy atom. The molecule has 2 heterocycles. The van der Waals surface area contributed by atoms with Crippen molar-refractivity contribution < 1.29 is 22.7 Å². The molecule has 1 saturated heterocycles. The van der Waals surface area contributed by atoms with E-state index in [1.165, 1.54) is 14.2 Å². The average molecular weight is 377 g/mol. The van der Waals surface area contributed by atoms with Crippen LogP contribution in [0.15, 0.2) is 30.3 Å². The summed E-state index contributed by atoms with van der Waals surface area (Å²) < 4.78 is 33.3. The number of nitrogens with one attached hydrogen (secondary N) is 1. The van der Waals surface area contributed by atoms with Gasteiger partial charge >= 0.3 is 6.01 Å². The fourth-order valence-corrected chi connectivity index (χ4v) is 4.42. The van der Waals surface area contributed by atoms with Gasteiger partial charge in [-0.2, -0.15) is 9.97 Å². The molecule has 26 heavy (non-hydrogen) atoms. The summed E-state index contributed by atoms with van der Waals surface area (Å²) in [5.74, 6) is 0.122. The highest BCUT2D eigenvalue weighted by molar-refractivity contribution is 7.91. The van der Waals surface area contributed by atoms with E-state index >= 15 is 0 Å². The van der Waals surface area contributed by atoms with E-state index in [1.807, 2.05) is 0 Å². The summed E-state index contributed by atoms with van der Waals surface area (Å²) in [4.78, 5) is 20.8. The van der Waals surface area contributed by atoms with E-state index in [0.29, 0.717) is 29.1 Å². The third-order valence-electron chi connectivity index (χ3n) is 4.06. The van der Waals surface area contributed by atoms with Crippen LogP contribution in [0.1, 0.15) is 16.8 Å². The number of methoxy groups -OCH3 is 2. The maximum absolute atomic E-state index is 12.5. The highest BCUT2D eigenvalue weighted by Crippen LogP contribution is 2.24. The second-order valence-corrected chi connectivity index (χ2v) is 8.17. The van der Waals surface area contributed by atoms with Crippen molar-refractivity contribution in [3.8, 4) is 23.1 Å². The third kappa shape index (κ3) is 4.10. The Bertz CT molecular complexity index is 907. The van der Waals surface area contributed by atoms with Gasteiger partial charge in [0, 0.05) is 23.2 Å². The van der Waals surface area contributed by atoms with Crippen molar-refractivity contribution >= 4 is 15.7 Å². The lowest BCUT2D eigenvalue weighted by atomic mass is 10.1. The molecule has 1 aliphatic rings. The zero-order chi connectivity index (χ0) is 18.7. The van der Waals surface area contributed by atoms with E-state index in [-0.39, 0.29) is 29.5 Å². The molecule has 0 radical (unpaired) electrons. The van der Waals surface area contributed by atoms with Crippen LogP contribution in [-0.4, -0.2) is 56.1 Å². The van der Waals surface area contributed by atoms with Gasteiger partial charge in [-0.1, -0.05) is 12.1 Å². The Hall–Kier alpha value is -2.68. The maximum Gasteiger partial charge on any atom is 0.320 e. The van der Waals surface area contributed by atoms with Crippen molar-refractivity contribution in [3.05, 3.63) is 35.9 Å². The smallest absolute Gasteiger partial charge is 0.320 e. The van der Waals surface area contributed by atoms with Gasteiger partial charge in [-0.3, -0.25) is 4.79 Å². The van der Waals surface area contributed by atoms with Crippen LogP contribution in [0.3, 0.4) is 0 Å². The lowest BCUT2D eigenvalue weighted by Crippen LogP contribution is -2.35. The Balaban J connectivity index is 1.83. The molecule has 138 valence electrons. The van der Waals surface area contributed by atoms with Crippen LogP contribution in [0.25, 0.3) is 11.3 Å². The number of ether oxygens (including phenoxy) is 2. The van der Waals surface area contributed by atoms with Crippen molar-refractivity contribution in [2.45, 2.75) is 12.5 Å². The Morgan fingerprint density at radius 1 is 1.19 bits per heavy atom. The summed E-state index contributed by atoms with van der Waals surface area (Å²) in [5.41, 5.74) is 1.66. The number of aromatic nitrogens is 2. The molecule has 0 unspecified atom stereocenters. The predicted molar refractivity (Wildman–Crippen MR) is 95.1 cm³/mol. The Morgan fingerprint density at radius 3 is 2.65 bits per heavy atom. The van der Waals surface area contributed by atoms with Crippen LogP contribution in [0.4, 0.5) is 0 Å². The van der Waals surface area contributed by atoms with Crippen LogP contribution in [-0.2, 0) is 9.84 Å². The minimum Gasteiger partial charge on any atom is -0.481 e. The molecule has 9 heteroatoms. The number of carbonyl (C=O) groups is 1. The van der Waals surface area contributed by atoms with Crippen LogP contribution in [0, 0.1) is 0 Å². The topological polar surface area (TPSA) is 107 Å². The summed E-state index contributed by atoms with van der Waals surface area (Å²) in [7, 11) is -0.102. The quantitative estimate of drug-likeness (QED) is 0.830. The number of nitrogens with zero attached hydrogens (tertiary/aromatic N) is 2. The van der Waals surface area contributed by atoms with E-state index in [9.17, 15) is 13.2 Å². The number of hydrogen-bond acceptors (Lipinski definition) is 7. The first kappa shape index (κ1) is 18.1. The molecule has 0 saturated carbocycles. The molecule has 2 aromatic rings. The first-order valence-corrected chi connectivity index (χ1v) is 9.81. The van der Waals surface area contributed by atoms with E-state index < -0.39 is 9.84 Å². The third-order valence-corrected chi connectivity index (χ3v) is 5.83. The van der Waals surface area contributed by atoms with Gasteiger partial charge in [0.25, 0.3) is 5.91 Å². The molecule has 1 N–H and O–H groups in total. The van der Waals surface area contributed by atoms with Crippen molar-refractivity contribution in [1.29, 1.82) is 0 Å². The van der Waals surface area contributed by atoms with E-state index in [2.05, 4.69) is 15.3 Å². The van der Waals surface area contributed by atoms with Crippen LogP contribution >= 0.6 is 0 Å². The molecule has 3 rings (SSSR count). The van der Waals surface area contributed by atoms with Gasteiger partial charge in [0.1, 0.15) is 0 Å². The minimum absolute atomic E-state index is 0.0151. The molecule has 1 aromatic heterocycles. The van der Waals surface area contributed by atoms with Crippen molar-refractivity contribution in [2.24, 2.45) is 0 Å². The van der Waals surface area contributed by atoms with Gasteiger partial charge in [0.15, 0.2) is 9.84 Å². The second kappa shape index (κ2) is 7.28. The largest absolute Gasteiger partial charge is 0.481 e. The van der Waals surface area contributed by atoms with Crippen LogP contribution in [0.5, 0.6) is 11.9 Å². The fourth-order valence-electron chi connectivity index (χ4n) is 2.74. The summed E-state index contributed by atoms with van der Waals surface area (Å²) in [6, 6.07) is 8.33. The van der Waals surface area contributed by atoms with Gasteiger partial charge in [0.2, 0.25) is 5.88 Å². The lowest BCUT2D eigenvalue weighted by molar-refractivity contribution is 0.0941. The normalized spacial score (nSPS) is 18.3. The monoisotopic (exact) mass is 377 g/mol. The molecular formula is C17H19N3O5S. The van der Waals surface area contributed by atoms with E-state index in [4.69, 9.17) is 9.47 Å². The highest BCUT2D eigenvalue weighted by atomic mass is 32.2. The number of sulfone groups is 1. The highest BCUT2D eigenvalue weighted by Gasteiger charge is 2.29. The standard InChI is InChI=1S/C17H19N3O5S/c1-24-15-9-14(19-17(20-15)25-2)11-4-3-5-12(8-11)16(21)18-13-6-7-26(22,23)10-13/h3-5,8-9,13H,6-7,10H2,1-2H3,(H,18,21)/t13-/m0/s1. The Kier molecular flexibility index (Phi) is 5.08. The van der Waals surface area contributed by atoms with Gasteiger partial charge in [-0.25, -0.2) is 8.42 Å².